The number of allylic oxidation sites excluding steroid dienone is 1. The third kappa shape index (κ3) is 7.64. The molecule has 11 nitrogen and oxygen atoms in total. The van der Waals surface area contributed by atoms with E-state index in [2.05, 4.69) is 63.4 Å². The molecule has 1 aromatic carbocycles. The molecule has 1 aromatic heterocycles. The number of hydrogen-bond acceptors (Lipinski definition) is 11. The second-order valence-electron chi connectivity index (χ2n) is 12.5. The molecule has 1 unspecified atom stereocenters. The van der Waals surface area contributed by atoms with Gasteiger partial charge in [-0.2, -0.15) is 4.98 Å². The first-order valence-corrected chi connectivity index (χ1v) is 17.1. The van der Waals surface area contributed by atoms with Crippen molar-refractivity contribution in [3.63, 3.8) is 0 Å². The summed E-state index contributed by atoms with van der Waals surface area (Å²) in [6.07, 6.45) is 8.18. The number of aliphatic hydroxyl groups excluding tert-OH is 1. The number of sulfone groups is 1. The summed E-state index contributed by atoms with van der Waals surface area (Å²) in [6, 6.07) is 4.20. The number of aliphatic imine (C=N–C) groups is 1. The number of aryl methyl sites for hydroxylation is 1. The van der Waals surface area contributed by atoms with E-state index in [0.717, 1.165) is 62.2 Å². The van der Waals surface area contributed by atoms with Crippen LogP contribution in [-0.4, -0.2) is 78.2 Å². The molecule has 4 rings (SSSR count). The number of halogens is 1. The molecule has 44 heavy (non-hydrogen) atoms. The maximum Gasteiger partial charge on any atom is 0.229 e. The molecule has 2 fully saturated rings. The van der Waals surface area contributed by atoms with E-state index in [9.17, 15) is 13.5 Å². The minimum atomic E-state index is -3.77. The van der Waals surface area contributed by atoms with Crippen molar-refractivity contribution in [3.05, 3.63) is 45.2 Å². The van der Waals surface area contributed by atoms with Crippen molar-refractivity contribution >= 4 is 45.1 Å². The van der Waals surface area contributed by atoms with Crippen LogP contribution >= 0.6 is 11.6 Å². The Hall–Kier alpha value is -2.93. The van der Waals surface area contributed by atoms with Crippen LogP contribution in [0.3, 0.4) is 0 Å². The second kappa shape index (κ2) is 14.0. The summed E-state index contributed by atoms with van der Waals surface area (Å²) in [4.78, 5) is 15.2. The fourth-order valence-corrected chi connectivity index (χ4v) is 6.40. The number of aromatic nitrogens is 2. The Balaban J connectivity index is 1.66. The van der Waals surface area contributed by atoms with Crippen LogP contribution in [0.2, 0.25) is 5.02 Å². The van der Waals surface area contributed by atoms with Gasteiger partial charge in [0.1, 0.15) is 10.8 Å². The largest absolute Gasteiger partial charge is 0.488 e. The van der Waals surface area contributed by atoms with E-state index in [1.165, 1.54) is 25.0 Å². The molecule has 1 saturated heterocycles. The lowest BCUT2D eigenvalue weighted by molar-refractivity contribution is 0.0355. The Morgan fingerprint density at radius 1 is 1.30 bits per heavy atom. The van der Waals surface area contributed by atoms with Crippen LogP contribution < -0.4 is 21.1 Å². The van der Waals surface area contributed by atoms with E-state index in [1.54, 1.807) is 13.8 Å². The fourth-order valence-electron chi connectivity index (χ4n) is 5.34. The monoisotopic (exact) mass is 647 g/mol. The van der Waals surface area contributed by atoms with Crippen molar-refractivity contribution in [3.8, 4) is 5.75 Å². The van der Waals surface area contributed by atoms with Crippen molar-refractivity contribution in [2.24, 2.45) is 10.7 Å². The highest BCUT2D eigenvalue weighted by atomic mass is 35.5. The Bertz CT molecular complexity index is 1510. The maximum atomic E-state index is 12.8. The molecule has 1 aliphatic carbocycles. The van der Waals surface area contributed by atoms with Gasteiger partial charge in [0.25, 0.3) is 0 Å². The summed E-state index contributed by atoms with van der Waals surface area (Å²) >= 11 is 6.42. The van der Waals surface area contributed by atoms with E-state index in [4.69, 9.17) is 22.1 Å². The maximum absolute atomic E-state index is 12.8. The molecule has 2 aromatic rings. The first-order chi connectivity index (χ1) is 20.8. The number of aliphatic hydroxyl groups is 1. The average molecular weight is 648 g/mol. The Morgan fingerprint density at radius 2 is 2.02 bits per heavy atom. The molecule has 1 saturated carbocycles. The number of benzene rings is 1. The highest BCUT2D eigenvalue weighted by Crippen LogP contribution is 2.40. The molecular formula is C31H46ClN7O4S. The third-order valence-electron chi connectivity index (χ3n) is 8.51. The molecule has 2 heterocycles. The van der Waals surface area contributed by atoms with E-state index in [0.29, 0.717) is 5.92 Å². The number of nitrogens with one attached hydrogen (secondary N) is 2. The zero-order valence-electron chi connectivity index (χ0n) is 26.5. The van der Waals surface area contributed by atoms with E-state index < -0.39 is 15.1 Å². The van der Waals surface area contributed by atoms with Crippen molar-refractivity contribution in [2.45, 2.75) is 89.5 Å². The first kappa shape index (κ1) is 34.0. The third-order valence-corrected chi connectivity index (χ3v) is 10.9. The first-order valence-electron chi connectivity index (χ1n) is 15.2. The van der Waals surface area contributed by atoms with Crippen molar-refractivity contribution in [2.75, 3.05) is 37.4 Å². The molecule has 0 amide bonds. The number of ether oxygens (including phenoxy) is 1. The van der Waals surface area contributed by atoms with Gasteiger partial charge in [-0.05, 0) is 102 Å². The van der Waals surface area contributed by atoms with Gasteiger partial charge >= 0.3 is 0 Å². The van der Waals surface area contributed by atoms with Crippen molar-refractivity contribution in [1.29, 1.82) is 0 Å². The number of likely N-dealkylation sites (tertiary alicyclic amines) is 1. The van der Waals surface area contributed by atoms with Crippen LogP contribution in [0.4, 0.5) is 17.5 Å². The normalized spacial score (nSPS) is 19.2. The van der Waals surface area contributed by atoms with Crippen LogP contribution in [0.25, 0.3) is 0 Å². The number of rotatable bonds is 12. The second-order valence-corrected chi connectivity index (χ2v) is 15.4. The number of nitrogens with two attached hydrogens (primary N) is 1. The lowest BCUT2D eigenvalue weighted by Gasteiger charge is -2.43. The zero-order chi connectivity index (χ0) is 32.2. The van der Waals surface area contributed by atoms with Crippen molar-refractivity contribution < 1.29 is 18.3 Å². The highest BCUT2D eigenvalue weighted by molar-refractivity contribution is 7.95. The average Bonchev–Trinajstić information content (AvgIpc) is 2.96. The van der Waals surface area contributed by atoms with Gasteiger partial charge in [0.05, 0.1) is 35.5 Å². The Morgan fingerprint density at radius 3 is 2.64 bits per heavy atom. The summed E-state index contributed by atoms with van der Waals surface area (Å²) < 4.78 is 32.0. The van der Waals surface area contributed by atoms with Crippen LogP contribution in [0.5, 0.6) is 5.75 Å². The predicted molar refractivity (Wildman–Crippen MR) is 178 cm³/mol. The summed E-state index contributed by atoms with van der Waals surface area (Å²) in [5.41, 5.74) is 8.92. The van der Waals surface area contributed by atoms with Crippen LogP contribution in [0.1, 0.15) is 76.8 Å². The number of nitrogens with zero attached hydrogens (tertiary/aromatic N) is 4. The molecule has 5 N–H and O–H groups in total. The van der Waals surface area contributed by atoms with E-state index in [1.807, 2.05) is 0 Å². The topological polar surface area (TPSA) is 155 Å². The van der Waals surface area contributed by atoms with E-state index >= 15 is 0 Å². The van der Waals surface area contributed by atoms with Crippen LogP contribution in [0.15, 0.2) is 34.0 Å². The molecule has 242 valence electrons. The predicted octanol–water partition coefficient (Wildman–Crippen LogP) is 5.13. The van der Waals surface area contributed by atoms with Gasteiger partial charge < -0.3 is 26.2 Å². The van der Waals surface area contributed by atoms with Gasteiger partial charge in [0.15, 0.2) is 20.7 Å². The fraction of sp³-hybridized carbons (Fsp3) is 0.581. The van der Waals surface area contributed by atoms with Gasteiger partial charge in [0, 0.05) is 25.3 Å². The smallest absolute Gasteiger partial charge is 0.229 e. The standard InChI is InChI=1S/C31H46ClN7O4S/c1-19(2)44(41,42)28(33)26(16-34-6)36-29-24(32)15-35-30(38-29)37-25-13-20(3)23(14-27(25)43-22-10-7-11-22)21-9-8-12-39(17-21)31(4,5)18-40/h13-16,19,21-22,40H,7-12,17-18,33H2,1-6H3,(H2,35,36,37,38). The van der Waals surface area contributed by atoms with Gasteiger partial charge in [0.2, 0.25) is 5.95 Å². The SMILES string of the molecule is CN=CC(Nc1nc(Nc2cc(C)c(C3CCCN(C(C)(C)CO)C3)cc2OC2CCC2)ncc1Cl)=C(N)S(=O)(=O)C(C)C. The summed E-state index contributed by atoms with van der Waals surface area (Å²) in [6.45, 7) is 11.3. The number of hydrogen-bond donors (Lipinski definition) is 4. The zero-order valence-corrected chi connectivity index (χ0v) is 28.1. The van der Waals surface area contributed by atoms with Crippen molar-refractivity contribution in [1.82, 2.24) is 14.9 Å². The van der Waals surface area contributed by atoms with Crippen LogP contribution in [0, 0.1) is 6.92 Å². The molecule has 1 atom stereocenters. The summed E-state index contributed by atoms with van der Waals surface area (Å²) in [5.74, 6) is 1.46. The van der Waals surface area contributed by atoms with Crippen LogP contribution in [-0.2, 0) is 9.84 Å². The van der Waals surface area contributed by atoms with Gasteiger partial charge in [-0.3, -0.25) is 9.89 Å². The molecule has 0 spiro atoms. The number of piperidine rings is 1. The number of anilines is 3. The molecular weight excluding hydrogens is 602 g/mol. The molecule has 0 bridgehead atoms. The summed E-state index contributed by atoms with van der Waals surface area (Å²) in [7, 11) is -2.25. The lowest BCUT2D eigenvalue weighted by atomic mass is 9.85. The molecule has 1 aliphatic heterocycles. The highest BCUT2D eigenvalue weighted by Gasteiger charge is 2.33. The molecule has 13 heteroatoms. The van der Waals surface area contributed by atoms with Gasteiger partial charge in [-0.25, -0.2) is 13.4 Å². The molecule has 0 radical (unpaired) electrons. The molecule has 2 aliphatic rings. The Labute approximate surface area is 266 Å². The minimum Gasteiger partial charge on any atom is -0.488 e. The van der Waals surface area contributed by atoms with Gasteiger partial charge in [-0.15, -0.1) is 0 Å². The lowest BCUT2D eigenvalue weighted by Crippen LogP contribution is -2.50. The summed E-state index contributed by atoms with van der Waals surface area (Å²) in [5, 5.41) is 15.3. The van der Waals surface area contributed by atoms with Gasteiger partial charge in [-0.1, -0.05) is 11.6 Å². The quantitative estimate of drug-likeness (QED) is 0.228. The van der Waals surface area contributed by atoms with E-state index in [-0.39, 0.29) is 45.8 Å². The minimum absolute atomic E-state index is 0.0628. The Kier molecular flexibility index (Phi) is 10.8.